The first kappa shape index (κ1) is 15.5. The molecule has 0 radical (unpaired) electrons. The quantitative estimate of drug-likeness (QED) is 0.632. The topological polar surface area (TPSA) is 42.4 Å². The minimum Gasteiger partial charge on any atom is -0.466 e. The molecule has 2 heterocycles. The van der Waals surface area contributed by atoms with Gasteiger partial charge < -0.3 is 4.74 Å². The molecule has 1 aromatic heterocycles. The van der Waals surface area contributed by atoms with E-state index in [4.69, 9.17) is 27.9 Å². The molecule has 1 atom stereocenters. The van der Waals surface area contributed by atoms with Crippen molar-refractivity contribution >= 4 is 29.2 Å². The highest BCUT2D eigenvalue weighted by Crippen LogP contribution is 2.24. The second kappa shape index (κ2) is 7.25. The number of carbonyl (C=O) groups is 1. The number of esters is 1. The van der Waals surface area contributed by atoms with Crippen molar-refractivity contribution in [3.63, 3.8) is 0 Å². The first-order valence-corrected chi connectivity index (χ1v) is 7.54. The molecule has 1 fully saturated rings. The van der Waals surface area contributed by atoms with Gasteiger partial charge in [-0.15, -0.1) is 0 Å². The van der Waals surface area contributed by atoms with Gasteiger partial charge in [0.1, 0.15) is 5.15 Å². The van der Waals surface area contributed by atoms with E-state index >= 15 is 0 Å². The molecule has 1 aliphatic rings. The zero-order valence-electron chi connectivity index (χ0n) is 11.4. The standard InChI is InChI=1S/C14H18Cl2N2O2/c1-2-20-14(19)10-4-3-5-18(8-10)9-11-7-17-13(16)6-12(11)15/h6-7,10H,2-5,8-9H2,1H3/t10-/m0/s1. The molecule has 6 heteroatoms. The van der Waals surface area contributed by atoms with Crippen molar-refractivity contribution in [2.75, 3.05) is 19.7 Å². The van der Waals surface area contributed by atoms with Crippen LogP contribution in [0.1, 0.15) is 25.3 Å². The van der Waals surface area contributed by atoms with E-state index in [1.165, 1.54) is 0 Å². The average molecular weight is 317 g/mol. The van der Waals surface area contributed by atoms with Crippen molar-refractivity contribution in [3.05, 3.63) is 28.0 Å². The molecule has 1 aromatic rings. The lowest BCUT2D eigenvalue weighted by molar-refractivity contribution is -0.150. The number of rotatable bonds is 4. The summed E-state index contributed by atoms with van der Waals surface area (Å²) < 4.78 is 5.10. The van der Waals surface area contributed by atoms with Crippen molar-refractivity contribution in [2.45, 2.75) is 26.3 Å². The molecule has 1 saturated heterocycles. The van der Waals surface area contributed by atoms with Gasteiger partial charge in [0, 0.05) is 29.9 Å². The van der Waals surface area contributed by atoms with Gasteiger partial charge >= 0.3 is 5.97 Å². The highest BCUT2D eigenvalue weighted by Gasteiger charge is 2.27. The van der Waals surface area contributed by atoms with Crippen LogP contribution >= 0.6 is 23.2 Å². The normalized spacial score (nSPS) is 19.9. The Kier molecular flexibility index (Phi) is 5.64. The molecule has 20 heavy (non-hydrogen) atoms. The van der Waals surface area contributed by atoms with Crippen LogP contribution < -0.4 is 0 Å². The Bertz CT molecular complexity index is 482. The third-order valence-electron chi connectivity index (χ3n) is 3.42. The number of halogens is 2. The van der Waals surface area contributed by atoms with E-state index in [0.717, 1.165) is 24.9 Å². The molecule has 0 amide bonds. The predicted molar refractivity (Wildman–Crippen MR) is 78.9 cm³/mol. The number of aromatic nitrogens is 1. The molecule has 110 valence electrons. The van der Waals surface area contributed by atoms with E-state index in [1.807, 2.05) is 6.92 Å². The summed E-state index contributed by atoms with van der Waals surface area (Å²) in [6.07, 6.45) is 3.57. The fraction of sp³-hybridized carbons (Fsp3) is 0.571. The Labute approximate surface area is 129 Å². The third kappa shape index (κ3) is 4.08. The Morgan fingerprint density at radius 3 is 3.05 bits per heavy atom. The Morgan fingerprint density at radius 2 is 2.35 bits per heavy atom. The molecule has 0 spiro atoms. The van der Waals surface area contributed by atoms with Crippen LogP contribution in [0.3, 0.4) is 0 Å². The summed E-state index contributed by atoms with van der Waals surface area (Å²) in [6.45, 7) is 4.60. The van der Waals surface area contributed by atoms with Crippen LogP contribution in [0.2, 0.25) is 10.2 Å². The summed E-state index contributed by atoms with van der Waals surface area (Å²) in [4.78, 5) is 18.1. The molecule has 0 aliphatic carbocycles. The summed E-state index contributed by atoms with van der Waals surface area (Å²) in [6, 6.07) is 1.64. The van der Waals surface area contributed by atoms with Gasteiger partial charge in [-0.3, -0.25) is 9.69 Å². The molecule has 0 aromatic carbocycles. The summed E-state index contributed by atoms with van der Waals surface area (Å²) in [7, 11) is 0. The number of hydrogen-bond donors (Lipinski definition) is 0. The molecule has 0 saturated carbocycles. The number of carbonyl (C=O) groups excluding carboxylic acids is 1. The molecule has 0 unspecified atom stereocenters. The number of pyridine rings is 1. The van der Waals surface area contributed by atoms with Gasteiger partial charge in [0.25, 0.3) is 0 Å². The lowest BCUT2D eigenvalue weighted by Crippen LogP contribution is -2.39. The van der Waals surface area contributed by atoms with E-state index in [2.05, 4.69) is 9.88 Å². The monoisotopic (exact) mass is 316 g/mol. The van der Waals surface area contributed by atoms with Crippen molar-refractivity contribution in [1.29, 1.82) is 0 Å². The Hall–Kier alpha value is -0.840. The number of ether oxygens (including phenoxy) is 1. The Morgan fingerprint density at radius 1 is 1.55 bits per heavy atom. The van der Waals surface area contributed by atoms with Gasteiger partial charge in [0.2, 0.25) is 0 Å². The van der Waals surface area contributed by atoms with Crippen LogP contribution in [0.4, 0.5) is 0 Å². The van der Waals surface area contributed by atoms with Crippen molar-refractivity contribution < 1.29 is 9.53 Å². The third-order valence-corrected chi connectivity index (χ3v) is 3.97. The first-order valence-electron chi connectivity index (χ1n) is 6.79. The van der Waals surface area contributed by atoms with Gasteiger partial charge in [0.05, 0.1) is 12.5 Å². The largest absolute Gasteiger partial charge is 0.466 e. The van der Waals surface area contributed by atoms with Crippen molar-refractivity contribution in [3.8, 4) is 0 Å². The minimum atomic E-state index is -0.0995. The number of likely N-dealkylation sites (tertiary alicyclic amines) is 1. The van der Waals surface area contributed by atoms with Crippen LogP contribution in [0.15, 0.2) is 12.3 Å². The zero-order valence-corrected chi connectivity index (χ0v) is 13.0. The van der Waals surface area contributed by atoms with Crippen LogP contribution in [-0.4, -0.2) is 35.5 Å². The maximum Gasteiger partial charge on any atom is 0.310 e. The van der Waals surface area contributed by atoms with Crippen molar-refractivity contribution in [1.82, 2.24) is 9.88 Å². The van der Waals surface area contributed by atoms with Crippen molar-refractivity contribution in [2.24, 2.45) is 5.92 Å². The van der Waals surface area contributed by atoms with E-state index in [9.17, 15) is 4.79 Å². The van der Waals surface area contributed by atoms with Crippen LogP contribution in [-0.2, 0) is 16.1 Å². The van der Waals surface area contributed by atoms with Gasteiger partial charge in [-0.05, 0) is 32.4 Å². The summed E-state index contributed by atoms with van der Waals surface area (Å²) >= 11 is 11.9. The summed E-state index contributed by atoms with van der Waals surface area (Å²) in [5.41, 5.74) is 0.931. The molecule has 0 N–H and O–H groups in total. The number of piperidine rings is 1. The molecule has 2 rings (SSSR count). The fourth-order valence-electron chi connectivity index (χ4n) is 2.44. The molecule has 4 nitrogen and oxygen atoms in total. The van der Waals surface area contributed by atoms with E-state index in [0.29, 0.717) is 29.9 Å². The highest BCUT2D eigenvalue weighted by atomic mass is 35.5. The van der Waals surface area contributed by atoms with Crippen LogP contribution in [0.5, 0.6) is 0 Å². The lowest BCUT2D eigenvalue weighted by atomic mass is 9.98. The highest BCUT2D eigenvalue weighted by molar-refractivity contribution is 6.34. The average Bonchev–Trinajstić information content (AvgIpc) is 2.43. The smallest absolute Gasteiger partial charge is 0.310 e. The molecular formula is C14H18Cl2N2O2. The zero-order chi connectivity index (χ0) is 14.5. The van der Waals surface area contributed by atoms with E-state index in [-0.39, 0.29) is 11.9 Å². The summed E-state index contributed by atoms with van der Waals surface area (Å²) in [5, 5.41) is 1.00. The second-order valence-corrected chi connectivity index (χ2v) is 5.72. The minimum absolute atomic E-state index is 0.0391. The SMILES string of the molecule is CCOC(=O)[C@H]1CCCN(Cc2cnc(Cl)cc2Cl)C1. The van der Waals surface area contributed by atoms with Gasteiger partial charge in [0.15, 0.2) is 0 Å². The van der Waals surface area contributed by atoms with Crippen LogP contribution in [0.25, 0.3) is 0 Å². The fourth-order valence-corrected chi connectivity index (χ4v) is 2.87. The Balaban J connectivity index is 1.97. The first-order chi connectivity index (χ1) is 9.60. The number of nitrogens with zero attached hydrogens (tertiary/aromatic N) is 2. The predicted octanol–water partition coefficient (Wildman–Crippen LogP) is 3.16. The molecular weight excluding hydrogens is 299 g/mol. The van der Waals surface area contributed by atoms with E-state index in [1.54, 1.807) is 12.3 Å². The lowest BCUT2D eigenvalue weighted by Gasteiger charge is -2.31. The molecule has 1 aliphatic heterocycles. The molecule has 0 bridgehead atoms. The maximum atomic E-state index is 11.8. The van der Waals surface area contributed by atoms with Gasteiger partial charge in [-0.1, -0.05) is 23.2 Å². The van der Waals surface area contributed by atoms with Crippen LogP contribution in [0, 0.1) is 5.92 Å². The summed E-state index contributed by atoms with van der Waals surface area (Å²) in [5.74, 6) is -0.139. The van der Waals surface area contributed by atoms with Gasteiger partial charge in [-0.25, -0.2) is 4.98 Å². The number of hydrogen-bond acceptors (Lipinski definition) is 4. The van der Waals surface area contributed by atoms with E-state index < -0.39 is 0 Å². The maximum absolute atomic E-state index is 11.8. The second-order valence-electron chi connectivity index (χ2n) is 4.92. The van der Waals surface area contributed by atoms with Gasteiger partial charge in [-0.2, -0.15) is 0 Å².